The van der Waals surface area contributed by atoms with Crippen molar-refractivity contribution in [3.8, 4) is 29.6 Å². The van der Waals surface area contributed by atoms with Crippen LogP contribution in [0.1, 0.15) is 30.9 Å². The molecule has 1 unspecified atom stereocenters. The van der Waals surface area contributed by atoms with Crippen molar-refractivity contribution in [3.05, 3.63) is 90.0 Å². The van der Waals surface area contributed by atoms with Crippen molar-refractivity contribution in [1.29, 1.82) is 0 Å². The highest BCUT2D eigenvalue weighted by Crippen LogP contribution is 2.31. The van der Waals surface area contributed by atoms with Crippen LogP contribution >= 0.6 is 0 Å². The first-order valence-electron chi connectivity index (χ1n) is 9.83. The topological polar surface area (TPSA) is 18.5 Å². The van der Waals surface area contributed by atoms with Gasteiger partial charge in [-0.25, -0.2) is 0 Å². The van der Waals surface area contributed by atoms with Crippen LogP contribution in [0.4, 0.5) is 8.78 Å². The van der Waals surface area contributed by atoms with Gasteiger partial charge in [0.15, 0.2) is 0 Å². The predicted molar refractivity (Wildman–Crippen MR) is 115 cm³/mol. The van der Waals surface area contributed by atoms with E-state index in [-0.39, 0.29) is 5.75 Å². The number of para-hydroxylation sites is 1. The average molecular weight is 406 g/mol. The number of terminal acetylenes is 1. The Kier molecular flexibility index (Phi) is 7.08. The van der Waals surface area contributed by atoms with Gasteiger partial charge in [-0.1, -0.05) is 48.4 Å². The lowest BCUT2D eigenvalue weighted by Gasteiger charge is -2.24. The number of hydrogen-bond donors (Lipinski definition) is 0. The van der Waals surface area contributed by atoms with E-state index in [9.17, 15) is 8.78 Å². The molecule has 0 amide bonds. The van der Waals surface area contributed by atoms with E-state index < -0.39 is 12.0 Å². The molecule has 0 saturated heterocycles. The summed E-state index contributed by atoms with van der Waals surface area (Å²) in [5.74, 6) is 4.60. The Hall–Kier alpha value is -3.32. The van der Waals surface area contributed by atoms with Gasteiger partial charge in [0.2, 0.25) is 0 Å². The molecule has 0 aromatic heterocycles. The van der Waals surface area contributed by atoms with Crippen molar-refractivity contribution in [2.75, 3.05) is 0 Å². The summed E-state index contributed by atoms with van der Waals surface area (Å²) in [6, 6.07) is 24.3. The molecule has 1 atom stereocenters. The van der Waals surface area contributed by atoms with Gasteiger partial charge in [0.05, 0.1) is 5.41 Å². The molecule has 0 aliphatic rings. The molecule has 0 fully saturated rings. The van der Waals surface area contributed by atoms with Gasteiger partial charge < -0.3 is 9.47 Å². The van der Waals surface area contributed by atoms with Gasteiger partial charge in [0.25, 0.3) is 0 Å². The van der Waals surface area contributed by atoms with Crippen LogP contribution in [0.5, 0.6) is 17.2 Å². The summed E-state index contributed by atoms with van der Waals surface area (Å²) >= 11 is 0. The molecule has 0 N–H and O–H groups in total. The van der Waals surface area contributed by atoms with Crippen LogP contribution < -0.4 is 9.47 Å². The largest absolute Gasteiger partial charge is 0.457 e. The third kappa shape index (κ3) is 5.84. The molecule has 3 rings (SSSR count). The maximum atomic E-state index is 12.3. The van der Waals surface area contributed by atoms with Gasteiger partial charge in [-0.15, -0.1) is 6.42 Å². The van der Waals surface area contributed by atoms with Gasteiger partial charge in [-0.2, -0.15) is 8.78 Å². The number of hydrogen-bond acceptors (Lipinski definition) is 2. The lowest BCUT2D eigenvalue weighted by Crippen LogP contribution is -2.19. The fraction of sp³-hybridized carbons (Fsp3) is 0.231. The Morgan fingerprint density at radius 3 is 2.27 bits per heavy atom. The van der Waals surface area contributed by atoms with Crippen LogP contribution in [0.15, 0.2) is 78.9 Å². The maximum absolute atomic E-state index is 12.3. The van der Waals surface area contributed by atoms with E-state index in [4.69, 9.17) is 11.2 Å². The Balaban J connectivity index is 1.60. The third-order valence-corrected chi connectivity index (χ3v) is 5.05. The van der Waals surface area contributed by atoms with Crippen LogP contribution in [0, 0.1) is 12.3 Å². The maximum Gasteiger partial charge on any atom is 0.387 e. The van der Waals surface area contributed by atoms with Crippen molar-refractivity contribution in [1.82, 2.24) is 0 Å². The van der Waals surface area contributed by atoms with Gasteiger partial charge in [-0.05, 0) is 73.7 Å². The first-order valence-corrected chi connectivity index (χ1v) is 9.83. The molecule has 3 aromatic rings. The predicted octanol–water partition coefficient (Wildman–Crippen LogP) is 6.99. The van der Waals surface area contributed by atoms with E-state index in [1.807, 2.05) is 55.5 Å². The standard InChI is InChI=1S/C26H24F2O2/c1-3-26(2,21-14-16-23(17-15-21)30-25(27)28)18-8-10-20-9-7-13-24(19-20)29-22-11-5-4-6-12-22/h1,4-7,9,11-17,19,25H,8,10,18H2,2H3. The minimum atomic E-state index is -2.84. The summed E-state index contributed by atoms with van der Waals surface area (Å²) in [6.45, 7) is -0.846. The molecule has 0 saturated carbocycles. The van der Waals surface area contributed by atoms with Crippen LogP contribution in [0.2, 0.25) is 0 Å². The van der Waals surface area contributed by atoms with Crippen LogP contribution in [0.3, 0.4) is 0 Å². The number of alkyl halides is 2. The summed E-state index contributed by atoms with van der Waals surface area (Å²) in [5, 5.41) is 0. The van der Waals surface area contributed by atoms with E-state index in [1.165, 1.54) is 17.7 Å². The normalized spacial score (nSPS) is 12.8. The number of ether oxygens (including phenoxy) is 2. The van der Waals surface area contributed by atoms with Crippen molar-refractivity contribution in [3.63, 3.8) is 0 Å². The van der Waals surface area contributed by atoms with Crippen molar-refractivity contribution < 1.29 is 18.3 Å². The average Bonchev–Trinajstić information content (AvgIpc) is 2.75. The highest BCUT2D eigenvalue weighted by molar-refractivity contribution is 5.38. The van der Waals surface area contributed by atoms with Crippen LogP contribution in [0.25, 0.3) is 0 Å². The van der Waals surface area contributed by atoms with Gasteiger partial charge in [0, 0.05) is 0 Å². The minimum Gasteiger partial charge on any atom is -0.457 e. The smallest absolute Gasteiger partial charge is 0.387 e. The zero-order chi connectivity index (χ0) is 21.4. The second-order valence-electron chi connectivity index (χ2n) is 7.30. The lowest BCUT2D eigenvalue weighted by molar-refractivity contribution is -0.0498. The molecular weight excluding hydrogens is 382 g/mol. The molecule has 154 valence electrons. The molecular formula is C26H24F2O2. The summed E-state index contributed by atoms with van der Waals surface area (Å²) in [7, 11) is 0. The van der Waals surface area contributed by atoms with Crippen LogP contribution in [-0.2, 0) is 11.8 Å². The first-order chi connectivity index (χ1) is 14.5. The SMILES string of the molecule is C#CC(C)(CCCc1cccc(Oc2ccccc2)c1)c1ccc(OC(F)F)cc1. The number of halogens is 2. The highest BCUT2D eigenvalue weighted by Gasteiger charge is 2.23. The molecule has 4 heteroatoms. The number of aryl methyl sites for hydroxylation is 1. The minimum absolute atomic E-state index is 0.128. The molecule has 0 heterocycles. The third-order valence-electron chi connectivity index (χ3n) is 5.05. The first kappa shape index (κ1) is 21.4. The van der Waals surface area contributed by atoms with E-state index in [2.05, 4.69) is 16.7 Å². The number of rotatable bonds is 9. The summed E-state index contributed by atoms with van der Waals surface area (Å²) in [6.07, 6.45) is 8.33. The summed E-state index contributed by atoms with van der Waals surface area (Å²) < 4.78 is 35.0. The fourth-order valence-electron chi connectivity index (χ4n) is 3.34. The summed E-state index contributed by atoms with van der Waals surface area (Å²) in [5.41, 5.74) is 1.60. The summed E-state index contributed by atoms with van der Waals surface area (Å²) in [4.78, 5) is 0. The zero-order valence-corrected chi connectivity index (χ0v) is 16.9. The Labute approximate surface area is 176 Å². The second-order valence-corrected chi connectivity index (χ2v) is 7.30. The van der Waals surface area contributed by atoms with E-state index >= 15 is 0 Å². The fourth-order valence-corrected chi connectivity index (χ4v) is 3.34. The van der Waals surface area contributed by atoms with E-state index in [0.29, 0.717) is 0 Å². The van der Waals surface area contributed by atoms with E-state index in [1.54, 1.807) is 12.1 Å². The molecule has 0 aliphatic heterocycles. The molecule has 30 heavy (non-hydrogen) atoms. The van der Waals surface area contributed by atoms with E-state index in [0.717, 1.165) is 36.3 Å². The van der Waals surface area contributed by atoms with Gasteiger partial charge in [-0.3, -0.25) is 0 Å². The zero-order valence-electron chi connectivity index (χ0n) is 16.9. The Morgan fingerprint density at radius 2 is 1.60 bits per heavy atom. The number of benzene rings is 3. The Bertz CT molecular complexity index is 978. The molecule has 0 bridgehead atoms. The van der Waals surface area contributed by atoms with Crippen molar-refractivity contribution in [2.45, 2.75) is 38.2 Å². The van der Waals surface area contributed by atoms with Crippen molar-refractivity contribution >= 4 is 0 Å². The monoisotopic (exact) mass is 406 g/mol. The van der Waals surface area contributed by atoms with Gasteiger partial charge in [0.1, 0.15) is 17.2 Å². The molecule has 3 aromatic carbocycles. The second kappa shape index (κ2) is 9.93. The van der Waals surface area contributed by atoms with Crippen LogP contribution in [-0.4, -0.2) is 6.61 Å². The van der Waals surface area contributed by atoms with Gasteiger partial charge >= 0.3 is 6.61 Å². The molecule has 0 radical (unpaired) electrons. The lowest BCUT2D eigenvalue weighted by atomic mass is 9.78. The Morgan fingerprint density at radius 1 is 0.900 bits per heavy atom. The molecule has 0 aliphatic carbocycles. The highest BCUT2D eigenvalue weighted by atomic mass is 19.3. The quantitative estimate of drug-likeness (QED) is 0.356. The molecule has 0 spiro atoms. The van der Waals surface area contributed by atoms with Crippen molar-refractivity contribution in [2.24, 2.45) is 0 Å². The molecule has 2 nitrogen and oxygen atoms in total.